The number of hydrogen-bond donors (Lipinski definition) is 2. The molecule has 6 heteroatoms. The quantitative estimate of drug-likeness (QED) is 0.869. The lowest BCUT2D eigenvalue weighted by Gasteiger charge is -2.30. The lowest BCUT2D eigenvalue weighted by molar-refractivity contribution is 0.0921. The second kappa shape index (κ2) is 8.48. The number of pyridine rings is 1. The monoisotopic (exact) mass is 355 g/mol. The molecule has 4 nitrogen and oxygen atoms in total. The fraction of sp³-hybridized carbons (Fsp3) is 0.412. The number of amides is 1. The van der Waals surface area contributed by atoms with E-state index in [-0.39, 0.29) is 36.8 Å². The molecule has 0 bridgehead atoms. The van der Waals surface area contributed by atoms with E-state index in [2.05, 4.69) is 22.5 Å². The molecule has 2 atom stereocenters. The van der Waals surface area contributed by atoms with Crippen molar-refractivity contribution in [2.24, 2.45) is 0 Å². The van der Waals surface area contributed by atoms with Crippen molar-refractivity contribution < 1.29 is 4.79 Å². The van der Waals surface area contributed by atoms with E-state index < -0.39 is 0 Å². The number of nitrogens with zero attached hydrogens (tertiary/aromatic N) is 1. The zero-order valence-electron chi connectivity index (χ0n) is 13.3. The van der Waals surface area contributed by atoms with Crippen LogP contribution in [0.4, 0.5) is 0 Å². The Morgan fingerprint density at radius 1 is 1.30 bits per heavy atom. The standard InChI is InChI=1S/C17H21N3O.2ClH/c1-11-10-14(13-6-3-4-7-16(13)19-11)17(21)20-15-8-5-9-18-12(15)2;;/h3-4,6-7,10,12,15,18H,5,8-9H2,1-2H3,(H,20,21);2*1H. The third-order valence-corrected chi connectivity index (χ3v) is 4.17. The summed E-state index contributed by atoms with van der Waals surface area (Å²) in [4.78, 5) is 17.1. The van der Waals surface area contributed by atoms with E-state index in [9.17, 15) is 4.79 Å². The molecule has 0 saturated carbocycles. The summed E-state index contributed by atoms with van der Waals surface area (Å²) in [6.45, 7) is 5.08. The minimum Gasteiger partial charge on any atom is -0.348 e. The summed E-state index contributed by atoms with van der Waals surface area (Å²) in [7, 11) is 0. The normalized spacial score (nSPS) is 20.3. The van der Waals surface area contributed by atoms with Crippen LogP contribution in [0, 0.1) is 6.92 Å². The molecule has 2 aromatic rings. The van der Waals surface area contributed by atoms with Gasteiger partial charge in [0.2, 0.25) is 0 Å². The number of nitrogens with one attached hydrogen (secondary N) is 2. The zero-order valence-corrected chi connectivity index (χ0v) is 15.0. The lowest BCUT2D eigenvalue weighted by Crippen LogP contribution is -2.51. The van der Waals surface area contributed by atoms with Gasteiger partial charge in [-0.2, -0.15) is 0 Å². The highest BCUT2D eigenvalue weighted by Gasteiger charge is 2.23. The number of aromatic nitrogens is 1. The van der Waals surface area contributed by atoms with Crippen LogP contribution in [0.2, 0.25) is 0 Å². The number of piperidine rings is 1. The van der Waals surface area contributed by atoms with Crippen molar-refractivity contribution in [2.75, 3.05) is 6.54 Å². The number of carbonyl (C=O) groups excluding carboxylic acids is 1. The Kier molecular flexibility index (Phi) is 7.26. The molecule has 2 unspecified atom stereocenters. The van der Waals surface area contributed by atoms with Crippen LogP contribution < -0.4 is 10.6 Å². The number of benzene rings is 1. The molecule has 3 rings (SSSR count). The minimum absolute atomic E-state index is 0. The molecular weight excluding hydrogens is 333 g/mol. The average molecular weight is 356 g/mol. The molecule has 126 valence electrons. The molecule has 1 aliphatic heterocycles. The van der Waals surface area contributed by atoms with E-state index in [0.717, 1.165) is 41.5 Å². The number of aryl methyl sites for hydroxylation is 1. The number of hydrogen-bond acceptors (Lipinski definition) is 3. The maximum absolute atomic E-state index is 12.7. The van der Waals surface area contributed by atoms with Crippen molar-refractivity contribution in [1.29, 1.82) is 0 Å². The Morgan fingerprint density at radius 2 is 2.04 bits per heavy atom. The first-order valence-electron chi connectivity index (χ1n) is 7.56. The van der Waals surface area contributed by atoms with Crippen LogP contribution in [0.15, 0.2) is 30.3 Å². The first-order chi connectivity index (χ1) is 10.1. The van der Waals surface area contributed by atoms with E-state index in [1.165, 1.54) is 0 Å². The molecule has 1 saturated heterocycles. The Bertz CT molecular complexity index is 678. The molecule has 1 amide bonds. The molecular formula is C17H23Cl2N3O. The zero-order chi connectivity index (χ0) is 14.8. The maximum atomic E-state index is 12.7. The fourth-order valence-corrected chi connectivity index (χ4v) is 2.98. The van der Waals surface area contributed by atoms with Gasteiger partial charge in [0, 0.05) is 23.2 Å². The Balaban J connectivity index is 0.00000132. The first-order valence-corrected chi connectivity index (χ1v) is 7.56. The highest BCUT2D eigenvalue weighted by atomic mass is 35.5. The van der Waals surface area contributed by atoms with Crippen molar-refractivity contribution >= 4 is 41.6 Å². The second-order valence-electron chi connectivity index (χ2n) is 5.79. The van der Waals surface area contributed by atoms with Crippen molar-refractivity contribution in [3.05, 3.63) is 41.6 Å². The van der Waals surface area contributed by atoms with E-state index in [0.29, 0.717) is 6.04 Å². The summed E-state index contributed by atoms with van der Waals surface area (Å²) < 4.78 is 0. The van der Waals surface area contributed by atoms with Gasteiger partial charge in [-0.25, -0.2) is 0 Å². The van der Waals surface area contributed by atoms with Crippen molar-refractivity contribution in [3.63, 3.8) is 0 Å². The Hall–Kier alpha value is -1.36. The summed E-state index contributed by atoms with van der Waals surface area (Å²) >= 11 is 0. The number of halogens is 2. The van der Waals surface area contributed by atoms with E-state index in [1.807, 2.05) is 37.3 Å². The number of para-hydroxylation sites is 1. The first kappa shape index (κ1) is 19.7. The number of fused-ring (bicyclic) bond motifs is 1. The molecule has 0 spiro atoms. The third-order valence-electron chi connectivity index (χ3n) is 4.17. The van der Waals surface area contributed by atoms with Crippen LogP contribution in [0.1, 0.15) is 35.8 Å². The SMILES string of the molecule is Cc1cc(C(=O)NC2CCCNC2C)c2ccccc2n1.Cl.Cl. The van der Waals surface area contributed by atoms with Gasteiger partial charge in [0.15, 0.2) is 0 Å². The van der Waals surface area contributed by atoms with Crippen LogP contribution in [-0.2, 0) is 0 Å². The summed E-state index contributed by atoms with van der Waals surface area (Å²) in [6.07, 6.45) is 2.13. The van der Waals surface area contributed by atoms with Crippen molar-refractivity contribution in [3.8, 4) is 0 Å². The number of carbonyl (C=O) groups is 1. The molecule has 2 N–H and O–H groups in total. The van der Waals surface area contributed by atoms with Crippen LogP contribution in [-0.4, -0.2) is 29.5 Å². The van der Waals surface area contributed by atoms with Gasteiger partial charge in [-0.15, -0.1) is 24.8 Å². The van der Waals surface area contributed by atoms with Crippen LogP contribution in [0.25, 0.3) is 10.9 Å². The third kappa shape index (κ3) is 4.34. The summed E-state index contributed by atoms with van der Waals surface area (Å²) in [5.74, 6) is -0.00255. The highest BCUT2D eigenvalue weighted by Crippen LogP contribution is 2.19. The van der Waals surface area contributed by atoms with Gasteiger partial charge >= 0.3 is 0 Å². The molecule has 1 aliphatic rings. The van der Waals surface area contributed by atoms with Crippen molar-refractivity contribution in [2.45, 2.75) is 38.8 Å². The molecule has 1 aromatic carbocycles. The van der Waals surface area contributed by atoms with Crippen LogP contribution in [0.5, 0.6) is 0 Å². The van der Waals surface area contributed by atoms with Gasteiger partial charge in [-0.05, 0) is 45.4 Å². The van der Waals surface area contributed by atoms with Crippen LogP contribution in [0.3, 0.4) is 0 Å². The van der Waals surface area contributed by atoms with Gasteiger partial charge in [0.25, 0.3) is 5.91 Å². The van der Waals surface area contributed by atoms with E-state index >= 15 is 0 Å². The average Bonchev–Trinajstić information content (AvgIpc) is 2.48. The largest absolute Gasteiger partial charge is 0.348 e. The van der Waals surface area contributed by atoms with Gasteiger partial charge < -0.3 is 10.6 Å². The van der Waals surface area contributed by atoms with Gasteiger partial charge in [-0.3, -0.25) is 9.78 Å². The minimum atomic E-state index is -0.00255. The summed E-state index contributed by atoms with van der Waals surface area (Å²) in [6, 6.07) is 10.2. The highest BCUT2D eigenvalue weighted by molar-refractivity contribution is 6.06. The van der Waals surface area contributed by atoms with E-state index in [1.54, 1.807) is 0 Å². The van der Waals surface area contributed by atoms with E-state index in [4.69, 9.17) is 0 Å². The predicted molar refractivity (Wildman–Crippen MR) is 98.9 cm³/mol. The molecule has 0 radical (unpaired) electrons. The van der Waals surface area contributed by atoms with Gasteiger partial charge in [0.1, 0.15) is 0 Å². The smallest absolute Gasteiger partial charge is 0.252 e. The lowest BCUT2D eigenvalue weighted by atomic mass is 9.99. The summed E-state index contributed by atoms with van der Waals surface area (Å²) in [5, 5.41) is 7.50. The van der Waals surface area contributed by atoms with Crippen LogP contribution >= 0.6 is 24.8 Å². The van der Waals surface area contributed by atoms with Crippen molar-refractivity contribution in [1.82, 2.24) is 15.6 Å². The maximum Gasteiger partial charge on any atom is 0.252 e. The van der Waals surface area contributed by atoms with Gasteiger partial charge in [-0.1, -0.05) is 18.2 Å². The molecule has 0 aliphatic carbocycles. The Labute approximate surface area is 149 Å². The topological polar surface area (TPSA) is 54.0 Å². The molecule has 2 heterocycles. The fourth-order valence-electron chi connectivity index (χ4n) is 2.98. The molecule has 1 aromatic heterocycles. The predicted octanol–water partition coefficient (Wildman–Crippen LogP) is 3.26. The molecule has 23 heavy (non-hydrogen) atoms. The molecule has 1 fully saturated rings. The second-order valence-corrected chi connectivity index (χ2v) is 5.79. The Morgan fingerprint density at radius 3 is 2.78 bits per heavy atom. The van der Waals surface area contributed by atoms with Gasteiger partial charge in [0.05, 0.1) is 11.1 Å². The number of rotatable bonds is 2. The summed E-state index contributed by atoms with van der Waals surface area (Å²) in [5.41, 5.74) is 2.46.